The zero-order chi connectivity index (χ0) is 11.5. The van der Waals surface area contributed by atoms with E-state index in [4.69, 9.17) is 9.90 Å². The van der Waals surface area contributed by atoms with E-state index < -0.39 is 5.97 Å². The summed E-state index contributed by atoms with van der Waals surface area (Å²) in [5.74, 6) is -1.08. The van der Waals surface area contributed by atoms with Crippen LogP contribution in [-0.2, 0) is 4.79 Å². The molecule has 3 heteroatoms. The van der Waals surface area contributed by atoms with Crippen molar-refractivity contribution in [2.24, 2.45) is 5.41 Å². The van der Waals surface area contributed by atoms with Crippen LogP contribution in [0.4, 0.5) is 0 Å². The molecule has 0 amide bonds. The Morgan fingerprint density at radius 2 is 2.00 bits per heavy atom. The van der Waals surface area contributed by atoms with Gasteiger partial charge in [-0.05, 0) is 26.8 Å². The molecule has 0 bridgehead atoms. The van der Waals surface area contributed by atoms with Crippen molar-refractivity contribution in [1.82, 2.24) is 0 Å². The summed E-state index contributed by atoms with van der Waals surface area (Å²) in [5.41, 5.74) is 0.217. The summed E-state index contributed by atoms with van der Waals surface area (Å²) in [5, 5.41) is 10.2. The molecule has 15 heavy (non-hydrogen) atoms. The molecule has 1 aromatic rings. The van der Waals surface area contributed by atoms with Gasteiger partial charge in [0.1, 0.15) is 0 Å². The highest BCUT2D eigenvalue weighted by molar-refractivity contribution is 5.60. The number of pyridine rings is 1. The normalized spacial score (nSPS) is 15.1. The van der Waals surface area contributed by atoms with Gasteiger partial charge in [0.15, 0.2) is 12.4 Å². The number of aliphatic carboxylic acids is 1. The lowest BCUT2D eigenvalue weighted by Crippen LogP contribution is -2.32. The highest BCUT2D eigenvalue weighted by atomic mass is 16.4. The topological polar surface area (TPSA) is 46.0 Å². The van der Waals surface area contributed by atoms with Gasteiger partial charge in [0.25, 0.3) is 0 Å². The van der Waals surface area contributed by atoms with Crippen LogP contribution in [0.1, 0.15) is 20.8 Å². The quantitative estimate of drug-likeness (QED) is 0.539. The first-order valence-electron chi connectivity index (χ1n) is 4.80. The van der Waals surface area contributed by atoms with E-state index in [1.54, 1.807) is 0 Å². The van der Waals surface area contributed by atoms with Crippen LogP contribution in [0.15, 0.2) is 24.4 Å². The fraction of sp³-hybridized carbons (Fsp3) is 0.333. The molecule has 0 saturated carbocycles. The number of aromatic nitrogens is 1. The molecule has 0 aromatic carbocycles. The second kappa shape index (κ2) is 4.26. The third kappa shape index (κ3) is 3.54. The Hall–Kier alpha value is -1.64. The zero-order valence-electron chi connectivity index (χ0n) is 9.23. The summed E-state index contributed by atoms with van der Waals surface area (Å²) in [4.78, 5) is 8.89. The maximum absolute atomic E-state index is 8.89. The van der Waals surface area contributed by atoms with Crippen molar-refractivity contribution in [3.05, 3.63) is 36.0 Å². The van der Waals surface area contributed by atoms with Crippen molar-refractivity contribution in [3.63, 3.8) is 0 Å². The van der Waals surface area contributed by atoms with Gasteiger partial charge in [-0.1, -0.05) is 0 Å². The Labute approximate surface area is 89.0 Å². The lowest BCUT2D eigenvalue weighted by molar-refractivity contribution is -0.524. The van der Waals surface area contributed by atoms with Gasteiger partial charge >= 0.3 is 0 Å². The minimum Gasteiger partial charge on any atom is -0.550 e. The van der Waals surface area contributed by atoms with Crippen LogP contribution in [0.25, 0.3) is 6.08 Å². The predicted molar refractivity (Wildman–Crippen MR) is 54.9 cm³/mol. The first-order valence-corrected chi connectivity index (χ1v) is 4.80. The largest absolute Gasteiger partial charge is 0.550 e. The minimum absolute atomic E-state index is 0.217. The third-order valence-electron chi connectivity index (χ3n) is 1.91. The van der Waals surface area contributed by atoms with Gasteiger partial charge in [0.2, 0.25) is 5.35 Å². The first-order chi connectivity index (χ1) is 6.91. The number of carbonyl (C=O) groups is 1. The van der Waals surface area contributed by atoms with E-state index in [2.05, 4.69) is 54.8 Å². The Balaban J connectivity index is 0.000000245. The lowest BCUT2D eigenvalue weighted by Gasteiger charge is -2.01. The lowest BCUT2D eigenvalue weighted by atomic mass is 9.97. The smallest absolute Gasteiger partial charge is 0.207 e. The average molecular weight is 205 g/mol. The van der Waals surface area contributed by atoms with Crippen molar-refractivity contribution in [1.29, 1.82) is 0 Å². The van der Waals surface area contributed by atoms with E-state index in [0.29, 0.717) is 0 Å². The number of rotatable bonds is 0. The molecule has 1 aliphatic heterocycles. The van der Waals surface area contributed by atoms with Gasteiger partial charge in [-0.2, -0.15) is 4.24 Å². The van der Waals surface area contributed by atoms with Crippen molar-refractivity contribution < 1.29 is 14.1 Å². The van der Waals surface area contributed by atoms with Crippen LogP contribution in [-0.4, -0.2) is 5.97 Å². The van der Waals surface area contributed by atoms with Gasteiger partial charge in [-0.15, -0.1) is 0 Å². The van der Waals surface area contributed by atoms with E-state index in [-0.39, 0.29) is 5.41 Å². The van der Waals surface area contributed by atoms with Crippen molar-refractivity contribution in [2.45, 2.75) is 20.8 Å². The van der Waals surface area contributed by atoms with Crippen molar-refractivity contribution in [2.75, 3.05) is 0 Å². The number of fused-ring (bicyclic) bond motifs is 1. The second-order valence-corrected chi connectivity index (χ2v) is 4.12. The fourth-order valence-electron chi connectivity index (χ4n) is 1.49. The molecule has 2 heterocycles. The van der Waals surface area contributed by atoms with Gasteiger partial charge in [-0.3, -0.25) is 0 Å². The van der Waals surface area contributed by atoms with E-state index >= 15 is 0 Å². The van der Waals surface area contributed by atoms with E-state index in [1.807, 2.05) is 0 Å². The molecule has 0 radical (unpaired) electrons. The highest BCUT2D eigenvalue weighted by Gasteiger charge is 2.21. The summed E-state index contributed by atoms with van der Waals surface area (Å²) >= 11 is 0. The molecule has 0 unspecified atom stereocenters. The molecule has 0 saturated heterocycles. The van der Waals surface area contributed by atoms with Gasteiger partial charge < -0.3 is 9.90 Å². The maximum atomic E-state index is 8.89. The summed E-state index contributed by atoms with van der Waals surface area (Å²) < 4.78 is 2.17. The molecule has 0 N–H and O–H groups in total. The maximum Gasteiger partial charge on any atom is 0.207 e. The van der Waals surface area contributed by atoms with Crippen LogP contribution < -0.4 is 14.7 Å². The number of hydrogen-bond donors (Lipinski definition) is 0. The Morgan fingerprint density at radius 3 is 2.53 bits per heavy atom. The van der Waals surface area contributed by atoms with Crippen LogP contribution >= 0.6 is 0 Å². The molecular formula is C12H15NO2. The highest BCUT2D eigenvalue weighted by Crippen LogP contribution is 2.16. The number of carboxylic acids is 1. The minimum atomic E-state index is -1.08. The number of carbonyl (C=O) groups excluding carboxylic acids is 1. The summed E-state index contributed by atoms with van der Waals surface area (Å²) in [6.07, 6.45) is 6.58. The third-order valence-corrected chi connectivity index (χ3v) is 1.91. The molecule has 0 aliphatic carbocycles. The van der Waals surface area contributed by atoms with Gasteiger partial charge in [0, 0.05) is 24.2 Å². The molecular weight excluding hydrogens is 190 g/mol. The van der Waals surface area contributed by atoms with Crippen LogP contribution in [0.2, 0.25) is 0 Å². The van der Waals surface area contributed by atoms with Gasteiger partial charge in [-0.25, -0.2) is 0 Å². The Morgan fingerprint density at radius 1 is 1.40 bits per heavy atom. The predicted octanol–water partition coefficient (Wildman–Crippen LogP) is -0.440. The molecule has 1 aliphatic rings. The summed E-state index contributed by atoms with van der Waals surface area (Å²) in [7, 11) is 0. The molecule has 0 atom stereocenters. The van der Waals surface area contributed by atoms with Crippen molar-refractivity contribution in [3.8, 4) is 0 Å². The molecule has 3 nitrogen and oxygen atoms in total. The van der Waals surface area contributed by atoms with Crippen LogP contribution in [0, 0.1) is 11.6 Å². The van der Waals surface area contributed by atoms with Gasteiger partial charge in [0.05, 0.1) is 5.41 Å². The fourth-order valence-corrected chi connectivity index (χ4v) is 1.49. The number of nitrogens with zero attached hydrogens (tertiary/aromatic N) is 1. The average Bonchev–Trinajstić information content (AvgIpc) is 2.36. The van der Waals surface area contributed by atoms with Crippen LogP contribution in [0.3, 0.4) is 0 Å². The Kier molecular flexibility index (Phi) is 3.24. The molecule has 0 spiro atoms. The standard InChI is InChI=1S/C10H12N.C2H4O2/c1-10(2)7-9-5-3-4-6-11(9)8-10;1-2(3)4/h3-8H,1-2H3;1H3,(H,3,4)/q+1;/p-1. The summed E-state index contributed by atoms with van der Waals surface area (Å²) in [6.45, 7) is 5.39. The van der Waals surface area contributed by atoms with E-state index in [1.165, 1.54) is 5.35 Å². The number of carboxylic acid groups (broad SMARTS) is 1. The Bertz CT molecular complexity index is 434. The second-order valence-electron chi connectivity index (χ2n) is 4.12. The van der Waals surface area contributed by atoms with Crippen molar-refractivity contribution >= 4 is 12.0 Å². The monoisotopic (exact) mass is 205 g/mol. The molecule has 0 fully saturated rings. The zero-order valence-corrected chi connectivity index (χ0v) is 9.23. The van der Waals surface area contributed by atoms with E-state index in [0.717, 1.165) is 6.92 Å². The number of hydrogen-bond acceptors (Lipinski definition) is 2. The molecule has 2 rings (SSSR count). The molecule has 1 aromatic heterocycles. The summed E-state index contributed by atoms with van der Waals surface area (Å²) in [6, 6.07) is 6.25. The van der Waals surface area contributed by atoms with E-state index in [9.17, 15) is 0 Å². The van der Waals surface area contributed by atoms with Crippen LogP contribution in [0.5, 0.6) is 0 Å². The first kappa shape index (κ1) is 11.4. The SMILES string of the molecule is CC(=O)[O-].CC1(C)C=c2cccc[n+]2=C1. The molecule has 80 valence electrons.